The fraction of sp³-hybridized carbons (Fsp3) is 0.385. The standard InChI is InChI=1S/C13H16N2O/c1-4-5-12-11(8-16)14-13-7-9(2)6-10(3)15(12)13/h6-8H,4-5H2,1-3H3. The second-order valence-electron chi connectivity index (χ2n) is 4.18. The zero-order chi connectivity index (χ0) is 11.7. The van der Waals surface area contributed by atoms with Crippen molar-refractivity contribution in [2.75, 3.05) is 0 Å². The van der Waals surface area contributed by atoms with E-state index in [1.54, 1.807) is 0 Å². The Bertz CT molecular complexity index is 540. The molecule has 0 aliphatic heterocycles. The van der Waals surface area contributed by atoms with Crippen molar-refractivity contribution >= 4 is 11.9 Å². The monoisotopic (exact) mass is 216 g/mol. The minimum absolute atomic E-state index is 0.579. The van der Waals surface area contributed by atoms with Gasteiger partial charge in [-0.05, 0) is 38.0 Å². The molecule has 0 aliphatic rings. The molecule has 2 aromatic heterocycles. The van der Waals surface area contributed by atoms with Crippen LogP contribution in [-0.2, 0) is 6.42 Å². The summed E-state index contributed by atoms with van der Waals surface area (Å²) in [7, 11) is 0. The molecule has 0 bridgehead atoms. The van der Waals surface area contributed by atoms with Gasteiger partial charge in [-0.25, -0.2) is 4.98 Å². The van der Waals surface area contributed by atoms with Crippen LogP contribution < -0.4 is 0 Å². The van der Waals surface area contributed by atoms with Gasteiger partial charge in [0, 0.05) is 5.69 Å². The Morgan fingerprint density at radius 3 is 2.75 bits per heavy atom. The minimum atomic E-state index is 0.579. The number of fused-ring (bicyclic) bond motifs is 1. The summed E-state index contributed by atoms with van der Waals surface area (Å²) in [6.07, 6.45) is 2.76. The molecule has 3 heteroatoms. The van der Waals surface area contributed by atoms with Crippen LogP contribution in [0.4, 0.5) is 0 Å². The van der Waals surface area contributed by atoms with Crippen LogP contribution in [0.1, 0.15) is 40.8 Å². The number of hydrogen-bond acceptors (Lipinski definition) is 2. The number of carbonyl (C=O) groups excluding carboxylic acids is 1. The molecule has 0 amide bonds. The second kappa shape index (κ2) is 4.08. The van der Waals surface area contributed by atoms with Gasteiger partial charge >= 0.3 is 0 Å². The number of nitrogens with zero attached hydrogens (tertiary/aromatic N) is 2. The number of aldehydes is 1. The summed E-state index contributed by atoms with van der Waals surface area (Å²) in [5.41, 5.74) is 4.80. The second-order valence-corrected chi connectivity index (χ2v) is 4.18. The zero-order valence-corrected chi connectivity index (χ0v) is 9.95. The maximum Gasteiger partial charge on any atom is 0.170 e. The molecule has 0 aliphatic carbocycles. The van der Waals surface area contributed by atoms with Crippen LogP contribution in [0.2, 0.25) is 0 Å². The van der Waals surface area contributed by atoms with E-state index in [4.69, 9.17) is 0 Å². The van der Waals surface area contributed by atoms with Gasteiger partial charge in [-0.1, -0.05) is 13.3 Å². The first-order chi connectivity index (χ1) is 7.67. The molecule has 2 heterocycles. The van der Waals surface area contributed by atoms with Crippen LogP contribution in [0.25, 0.3) is 5.65 Å². The van der Waals surface area contributed by atoms with Crippen molar-refractivity contribution < 1.29 is 4.79 Å². The highest BCUT2D eigenvalue weighted by molar-refractivity contribution is 5.76. The molecule has 0 saturated carbocycles. The van der Waals surface area contributed by atoms with Crippen molar-refractivity contribution in [1.29, 1.82) is 0 Å². The lowest BCUT2D eigenvalue weighted by Gasteiger charge is -2.05. The summed E-state index contributed by atoms with van der Waals surface area (Å²) in [6.45, 7) is 6.20. The fourth-order valence-electron chi connectivity index (χ4n) is 2.19. The smallest absolute Gasteiger partial charge is 0.170 e. The summed E-state index contributed by atoms with van der Waals surface area (Å²) in [4.78, 5) is 15.4. The van der Waals surface area contributed by atoms with Crippen LogP contribution in [0.3, 0.4) is 0 Å². The van der Waals surface area contributed by atoms with Crippen molar-refractivity contribution in [3.8, 4) is 0 Å². The molecule has 0 aromatic carbocycles. The van der Waals surface area contributed by atoms with Crippen LogP contribution in [0.5, 0.6) is 0 Å². The minimum Gasteiger partial charge on any atom is -0.301 e. The van der Waals surface area contributed by atoms with Gasteiger partial charge in [-0.15, -0.1) is 0 Å². The molecule has 16 heavy (non-hydrogen) atoms. The van der Waals surface area contributed by atoms with E-state index in [1.165, 1.54) is 5.56 Å². The first-order valence-electron chi connectivity index (χ1n) is 5.61. The van der Waals surface area contributed by atoms with Crippen LogP contribution in [-0.4, -0.2) is 15.7 Å². The Morgan fingerprint density at radius 1 is 1.38 bits per heavy atom. The third kappa shape index (κ3) is 1.62. The maximum absolute atomic E-state index is 11.0. The van der Waals surface area contributed by atoms with E-state index in [-0.39, 0.29) is 0 Å². The Morgan fingerprint density at radius 2 is 2.12 bits per heavy atom. The van der Waals surface area contributed by atoms with Gasteiger partial charge in [0.05, 0.1) is 5.69 Å². The highest BCUT2D eigenvalue weighted by Crippen LogP contribution is 2.17. The summed E-state index contributed by atoms with van der Waals surface area (Å²) in [5, 5.41) is 0. The quantitative estimate of drug-likeness (QED) is 0.739. The predicted molar refractivity (Wildman–Crippen MR) is 64.0 cm³/mol. The molecule has 0 radical (unpaired) electrons. The number of rotatable bonds is 3. The average molecular weight is 216 g/mol. The van der Waals surface area contributed by atoms with Crippen molar-refractivity contribution in [2.45, 2.75) is 33.6 Å². The molecule has 0 fully saturated rings. The number of pyridine rings is 1. The van der Waals surface area contributed by atoms with Gasteiger partial charge in [-0.2, -0.15) is 0 Å². The fourth-order valence-corrected chi connectivity index (χ4v) is 2.19. The zero-order valence-electron chi connectivity index (χ0n) is 9.95. The largest absolute Gasteiger partial charge is 0.301 e. The first-order valence-corrected chi connectivity index (χ1v) is 5.61. The summed E-state index contributed by atoms with van der Waals surface area (Å²) < 4.78 is 2.08. The molecule has 0 saturated heterocycles. The average Bonchev–Trinajstić information content (AvgIpc) is 2.57. The van der Waals surface area contributed by atoms with Gasteiger partial charge in [0.15, 0.2) is 6.29 Å². The van der Waals surface area contributed by atoms with E-state index in [9.17, 15) is 4.79 Å². The molecular weight excluding hydrogens is 200 g/mol. The van der Waals surface area contributed by atoms with Crippen LogP contribution >= 0.6 is 0 Å². The van der Waals surface area contributed by atoms with Crippen molar-refractivity contribution in [3.63, 3.8) is 0 Å². The van der Waals surface area contributed by atoms with Gasteiger partial charge in [0.25, 0.3) is 0 Å². The lowest BCUT2D eigenvalue weighted by molar-refractivity contribution is 0.111. The van der Waals surface area contributed by atoms with Gasteiger partial charge in [0.2, 0.25) is 0 Å². The van der Waals surface area contributed by atoms with Gasteiger partial charge in [-0.3, -0.25) is 4.79 Å². The number of carbonyl (C=O) groups is 1. The predicted octanol–water partition coefficient (Wildman–Crippen LogP) is 2.72. The Balaban J connectivity index is 2.78. The van der Waals surface area contributed by atoms with Crippen LogP contribution in [0.15, 0.2) is 12.1 Å². The first kappa shape index (κ1) is 10.9. The molecule has 84 valence electrons. The molecule has 2 rings (SSSR count). The molecule has 2 aromatic rings. The summed E-state index contributed by atoms with van der Waals surface area (Å²) in [5.74, 6) is 0. The van der Waals surface area contributed by atoms with Crippen molar-refractivity contribution in [1.82, 2.24) is 9.38 Å². The van der Waals surface area contributed by atoms with E-state index >= 15 is 0 Å². The Hall–Kier alpha value is -1.64. The number of aryl methyl sites for hydroxylation is 3. The number of aromatic nitrogens is 2. The molecule has 0 atom stereocenters. The third-order valence-corrected chi connectivity index (χ3v) is 2.77. The van der Waals surface area contributed by atoms with Crippen molar-refractivity contribution in [2.24, 2.45) is 0 Å². The van der Waals surface area contributed by atoms with Crippen LogP contribution in [0, 0.1) is 13.8 Å². The summed E-state index contributed by atoms with van der Waals surface area (Å²) in [6, 6.07) is 4.13. The number of hydrogen-bond donors (Lipinski definition) is 0. The van der Waals surface area contributed by atoms with Gasteiger partial charge < -0.3 is 4.40 Å². The molecular formula is C13H16N2O. The summed E-state index contributed by atoms with van der Waals surface area (Å²) >= 11 is 0. The topological polar surface area (TPSA) is 34.4 Å². The molecule has 0 N–H and O–H groups in total. The van der Waals surface area contributed by atoms with Crippen molar-refractivity contribution in [3.05, 3.63) is 34.8 Å². The van der Waals surface area contributed by atoms with E-state index in [2.05, 4.69) is 29.3 Å². The SMILES string of the molecule is CCCc1c(C=O)nc2cc(C)cc(C)n12. The molecule has 0 spiro atoms. The van der Waals surface area contributed by atoms with E-state index < -0.39 is 0 Å². The van der Waals surface area contributed by atoms with E-state index in [1.807, 2.05) is 13.0 Å². The maximum atomic E-state index is 11.0. The highest BCUT2D eigenvalue weighted by Gasteiger charge is 2.12. The molecule has 3 nitrogen and oxygen atoms in total. The third-order valence-electron chi connectivity index (χ3n) is 2.77. The lowest BCUT2D eigenvalue weighted by Crippen LogP contribution is -1.99. The van der Waals surface area contributed by atoms with E-state index in [0.29, 0.717) is 5.69 Å². The Labute approximate surface area is 95.1 Å². The van der Waals surface area contributed by atoms with Gasteiger partial charge in [0.1, 0.15) is 11.3 Å². The highest BCUT2D eigenvalue weighted by atomic mass is 16.1. The molecule has 0 unspecified atom stereocenters. The lowest BCUT2D eigenvalue weighted by atomic mass is 10.2. The number of imidazole rings is 1. The Kier molecular flexibility index (Phi) is 2.77. The normalized spacial score (nSPS) is 10.9. The van der Waals surface area contributed by atoms with E-state index in [0.717, 1.165) is 36.2 Å².